The minimum atomic E-state index is -0.931. The Morgan fingerprint density at radius 2 is 1.73 bits per heavy atom. The smallest absolute Gasteiger partial charge is 0.407 e. The van der Waals surface area contributed by atoms with Crippen molar-refractivity contribution in [3.8, 4) is 0 Å². The summed E-state index contributed by atoms with van der Waals surface area (Å²) in [6, 6.07) is -0.259. The van der Waals surface area contributed by atoms with Crippen LogP contribution >= 0.6 is 0 Å². The van der Waals surface area contributed by atoms with Crippen molar-refractivity contribution < 1.29 is 14.7 Å². The van der Waals surface area contributed by atoms with Gasteiger partial charge in [-0.25, -0.2) is 4.79 Å². The minimum absolute atomic E-state index is 0.0946. The van der Waals surface area contributed by atoms with E-state index in [0.29, 0.717) is 13.1 Å². The van der Waals surface area contributed by atoms with Crippen molar-refractivity contribution in [3.05, 3.63) is 12.7 Å². The normalized spacial score (nSPS) is 26.3. The maximum Gasteiger partial charge on any atom is 0.407 e. The molecule has 5 nitrogen and oxygen atoms in total. The minimum Gasteiger partial charge on any atom is -0.465 e. The van der Waals surface area contributed by atoms with Crippen molar-refractivity contribution in [3.63, 3.8) is 0 Å². The first-order chi connectivity index (χ1) is 6.97. The number of nitrogens with zero attached hydrogens (tertiary/aromatic N) is 2. The molecule has 0 aromatic heterocycles. The molecule has 84 valence electrons. The molecule has 1 heterocycles. The third kappa shape index (κ3) is 2.29. The summed E-state index contributed by atoms with van der Waals surface area (Å²) in [7, 11) is 0. The molecular weight excluding hydrogens is 196 g/mol. The first kappa shape index (κ1) is 11.6. The fourth-order valence-electron chi connectivity index (χ4n) is 1.82. The lowest BCUT2D eigenvalue weighted by atomic mass is 10.1. The molecular formula is C10H16N2O3. The summed E-state index contributed by atoms with van der Waals surface area (Å²) in [6.07, 6.45) is 0.333. The Morgan fingerprint density at radius 3 is 2.20 bits per heavy atom. The van der Waals surface area contributed by atoms with E-state index in [0.717, 1.165) is 0 Å². The highest BCUT2D eigenvalue weighted by atomic mass is 16.4. The van der Waals surface area contributed by atoms with Gasteiger partial charge in [0.15, 0.2) is 0 Å². The van der Waals surface area contributed by atoms with Gasteiger partial charge < -0.3 is 14.9 Å². The molecule has 0 aromatic rings. The van der Waals surface area contributed by atoms with Crippen LogP contribution in [0.2, 0.25) is 0 Å². The molecule has 2 unspecified atom stereocenters. The van der Waals surface area contributed by atoms with Crippen LogP contribution in [0.15, 0.2) is 12.7 Å². The fourth-order valence-corrected chi connectivity index (χ4v) is 1.82. The van der Waals surface area contributed by atoms with Gasteiger partial charge in [0.1, 0.15) is 0 Å². The maximum atomic E-state index is 11.4. The summed E-state index contributed by atoms with van der Waals surface area (Å²) < 4.78 is 0. The van der Waals surface area contributed by atoms with Crippen LogP contribution in [0.4, 0.5) is 4.79 Å². The van der Waals surface area contributed by atoms with Crippen molar-refractivity contribution in [1.82, 2.24) is 9.80 Å². The first-order valence-corrected chi connectivity index (χ1v) is 4.90. The van der Waals surface area contributed by atoms with Gasteiger partial charge in [-0.3, -0.25) is 4.79 Å². The van der Waals surface area contributed by atoms with Gasteiger partial charge in [0.05, 0.1) is 0 Å². The first-order valence-electron chi connectivity index (χ1n) is 4.90. The molecule has 1 aliphatic rings. The number of hydrogen-bond acceptors (Lipinski definition) is 2. The summed E-state index contributed by atoms with van der Waals surface area (Å²) in [5.74, 6) is -0.139. The van der Waals surface area contributed by atoms with Crippen LogP contribution in [0.3, 0.4) is 0 Å². The second-order valence-corrected chi connectivity index (χ2v) is 3.83. The van der Waals surface area contributed by atoms with Crippen LogP contribution in [-0.2, 0) is 4.79 Å². The van der Waals surface area contributed by atoms with E-state index in [4.69, 9.17) is 5.11 Å². The fraction of sp³-hybridized carbons (Fsp3) is 0.600. The van der Waals surface area contributed by atoms with E-state index in [9.17, 15) is 9.59 Å². The van der Waals surface area contributed by atoms with Gasteiger partial charge in [0, 0.05) is 25.2 Å². The van der Waals surface area contributed by atoms with Crippen molar-refractivity contribution in [2.75, 3.05) is 13.1 Å². The number of hydrogen-bond donors (Lipinski definition) is 1. The van der Waals surface area contributed by atoms with Crippen molar-refractivity contribution >= 4 is 12.0 Å². The Morgan fingerprint density at radius 1 is 1.27 bits per heavy atom. The highest BCUT2D eigenvalue weighted by Gasteiger charge is 2.33. The molecule has 1 N–H and O–H groups in total. The van der Waals surface area contributed by atoms with Gasteiger partial charge in [-0.05, 0) is 19.9 Å². The quantitative estimate of drug-likeness (QED) is 0.653. The largest absolute Gasteiger partial charge is 0.465 e. The van der Waals surface area contributed by atoms with Crippen LogP contribution < -0.4 is 0 Å². The molecule has 0 bridgehead atoms. The molecule has 1 aliphatic heterocycles. The SMILES string of the molecule is C=CC(=O)N1CC(C)N(C(=O)O)CC1C. The standard InChI is InChI=1S/C10H16N2O3/c1-4-9(13)11-5-8(3)12(10(14)15)6-7(11)2/h4,7-8H,1,5-6H2,2-3H3,(H,14,15). The Bertz CT molecular complexity index is 290. The van der Waals surface area contributed by atoms with Crippen LogP contribution in [0.5, 0.6) is 0 Å². The number of carbonyl (C=O) groups excluding carboxylic acids is 1. The topological polar surface area (TPSA) is 60.9 Å². The van der Waals surface area contributed by atoms with E-state index in [1.54, 1.807) is 11.8 Å². The zero-order chi connectivity index (χ0) is 11.6. The molecule has 1 fully saturated rings. The van der Waals surface area contributed by atoms with Gasteiger partial charge in [0.25, 0.3) is 0 Å². The van der Waals surface area contributed by atoms with E-state index in [-0.39, 0.29) is 18.0 Å². The zero-order valence-corrected chi connectivity index (χ0v) is 9.01. The Labute approximate surface area is 89.0 Å². The van der Waals surface area contributed by atoms with E-state index < -0.39 is 6.09 Å². The third-order valence-electron chi connectivity index (χ3n) is 2.69. The maximum absolute atomic E-state index is 11.4. The van der Waals surface area contributed by atoms with E-state index >= 15 is 0 Å². The number of piperazine rings is 1. The second-order valence-electron chi connectivity index (χ2n) is 3.83. The number of carbonyl (C=O) groups is 2. The molecule has 0 aliphatic carbocycles. The number of amides is 2. The molecule has 0 spiro atoms. The Hall–Kier alpha value is -1.52. The molecule has 15 heavy (non-hydrogen) atoms. The third-order valence-corrected chi connectivity index (χ3v) is 2.69. The molecule has 2 amide bonds. The molecule has 0 aromatic carbocycles. The van der Waals surface area contributed by atoms with Gasteiger partial charge in [-0.2, -0.15) is 0 Å². The monoisotopic (exact) mass is 212 g/mol. The van der Waals surface area contributed by atoms with E-state index in [2.05, 4.69) is 6.58 Å². The lowest BCUT2D eigenvalue weighted by Gasteiger charge is -2.42. The predicted octanol–water partition coefficient (Wildman–Crippen LogP) is 0.772. The van der Waals surface area contributed by atoms with Crippen LogP contribution in [-0.4, -0.2) is 52.1 Å². The summed E-state index contributed by atoms with van der Waals surface area (Å²) in [6.45, 7) is 7.85. The Balaban J connectivity index is 2.74. The van der Waals surface area contributed by atoms with Gasteiger partial charge in [-0.1, -0.05) is 6.58 Å². The molecule has 1 saturated heterocycles. The highest BCUT2D eigenvalue weighted by Crippen LogP contribution is 2.15. The zero-order valence-electron chi connectivity index (χ0n) is 9.01. The molecule has 5 heteroatoms. The van der Waals surface area contributed by atoms with Crippen LogP contribution in [0.1, 0.15) is 13.8 Å². The highest BCUT2D eigenvalue weighted by molar-refractivity contribution is 5.87. The predicted molar refractivity (Wildman–Crippen MR) is 55.6 cm³/mol. The molecule has 1 rings (SSSR count). The van der Waals surface area contributed by atoms with E-state index in [1.807, 2.05) is 6.92 Å². The molecule has 0 radical (unpaired) electrons. The lowest BCUT2D eigenvalue weighted by Crippen LogP contribution is -2.58. The second kappa shape index (κ2) is 4.33. The van der Waals surface area contributed by atoms with Gasteiger partial charge in [-0.15, -0.1) is 0 Å². The summed E-state index contributed by atoms with van der Waals surface area (Å²) in [4.78, 5) is 25.3. The van der Waals surface area contributed by atoms with Crippen molar-refractivity contribution in [2.45, 2.75) is 25.9 Å². The number of carboxylic acid groups (broad SMARTS) is 1. The number of rotatable bonds is 1. The average molecular weight is 212 g/mol. The molecule has 0 saturated carbocycles. The summed E-state index contributed by atoms with van der Waals surface area (Å²) in [5.41, 5.74) is 0. The van der Waals surface area contributed by atoms with Gasteiger partial charge >= 0.3 is 6.09 Å². The van der Waals surface area contributed by atoms with E-state index in [1.165, 1.54) is 11.0 Å². The lowest BCUT2D eigenvalue weighted by molar-refractivity contribution is -0.131. The summed E-state index contributed by atoms with van der Waals surface area (Å²) in [5, 5.41) is 8.91. The van der Waals surface area contributed by atoms with Crippen molar-refractivity contribution in [1.29, 1.82) is 0 Å². The summed E-state index contributed by atoms with van der Waals surface area (Å²) >= 11 is 0. The average Bonchev–Trinajstić information content (AvgIpc) is 2.19. The van der Waals surface area contributed by atoms with Crippen molar-refractivity contribution in [2.24, 2.45) is 0 Å². The Kier molecular flexibility index (Phi) is 3.34. The van der Waals surface area contributed by atoms with Gasteiger partial charge in [0.2, 0.25) is 5.91 Å². The van der Waals surface area contributed by atoms with Crippen LogP contribution in [0.25, 0.3) is 0 Å². The molecule has 2 atom stereocenters. The van der Waals surface area contributed by atoms with Crippen LogP contribution in [0, 0.1) is 0 Å².